The van der Waals surface area contributed by atoms with E-state index in [1.165, 1.54) is 0 Å². The molecule has 0 aromatic rings. The molecule has 0 aromatic carbocycles. The van der Waals surface area contributed by atoms with E-state index in [0.29, 0.717) is 37.9 Å². The Morgan fingerprint density at radius 2 is 2.05 bits per heavy atom. The van der Waals surface area contributed by atoms with Gasteiger partial charge < -0.3 is 14.9 Å². The fourth-order valence-electron chi connectivity index (χ4n) is 2.63. The second-order valence-corrected chi connectivity index (χ2v) is 6.01. The summed E-state index contributed by atoms with van der Waals surface area (Å²) in [6.07, 6.45) is 2.46. The molecule has 2 amide bonds. The van der Waals surface area contributed by atoms with Gasteiger partial charge >= 0.3 is 12.0 Å². The molecule has 5 heteroatoms. The number of rotatable bonds is 5. The van der Waals surface area contributed by atoms with Gasteiger partial charge in [0.15, 0.2) is 0 Å². The maximum atomic E-state index is 12.6. The number of hydrogen-bond acceptors (Lipinski definition) is 2. The fourth-order valence-corrected chi connectivity index (χ4v) is 2.63. The van der Waals surface area contributed by atoms with Crippen molar-refractivity contribution in [2.75, 3.05) is 19.6 Å². The van der Waals surface area contributed by atoms with Gasteiger partial charge in [-0.3, -0.25) is 0 Å². The minimum absolute atomic E-state index is 0.118. The number of urea groups is 1. The number of amides is 2. The van der Waals surface area contributed by atoms with Gasteiger partial charge in [0, 0.05) is 19.6 Å². The van der Waals surface area contributed by atoms with E-state index in [4.69, 9.17) is 0 Å². The highest BCUT2D eigenvalue weighted by Gasteiger charge is 2.36. The van der Waals surface area contributed by atoms with Gasteiger partial charge in [0.2, 0.25) is 0 Å². The molecule has 1 aliphatic rings. The first-order valence-corrected chi connectivity index (χ1v) is 7.68. The maximum Gasteiger partial charge on any atom is 0.326 e. The Balaban J connectivity index is 2.78. The largest absolute Gasteiger partial charge is 0.480 e. The lowest BCUT2D eigenvalue weighted by molar-refractivity contribution is -0.144. The molecule has 5 nitrogen and oxygen atoms in total. The molecule has 0 saturated carbocycles. The molecule has 0 aliphatic carbocycles. The summed E-state index contributed by atoms with van der Waals surface area (Å²) in [6, 6.07) is -0.788. The highest BCUT2D eigenvalue weighted by molar-refractivity contribution is 5.83. The van der Waals surface area contributed by atoms with E-state index in [2.05, 4.69) is 20.8 Å². The van der Waals surface area contributed by atoms with Crippen LogP contribution in [0.5, 0.6) is 0 Å². The van der Waals surface area contributed by atoms with E-state index in [1.54, 1.807) is 9.80 Å². The molecular weight excluding hydrogens is 256 g/mol. The number of likely N-dealkylation sites (tertiary alicyclic amines) is 1. The lowest BCUT2D eigenvalue weighted by atomic mass is 9.92. The van der Waals surface area contributed by atoms with Crippen molar-refractivity contribution in [2.45, 2.75) is 53.0 Å². The molecule has 3 atom stereocenters. The van der Waals surface area contributed by atoms with Crippen LogP contribution in [0.4, 0.5) is 4.79 Å². The van der Waals surface area contributed by atoms with Crippen LogP contribution >= 0.6 is 0 Å². The molecule has 1 N–H and O–H groups in total. The predicted octanol–water partition coefficient (Wildman–Crippen LogP) is 2.66. The number of hydrogen-bond donors (Lipinski definition) is 1. The summed E-state index contributed by atoms with van der Waals surface area (Å²) in [4.78, 5) is 27.3. The quantitative estimate of drug-likeness (QED) is 0.844. The number of carboxylic acid groups (broad SMARTS) is 1. The lowest BCUT2D eigenvalue weighted by Crippen LogP contribution is -2.54. The molecule has 1 fully saturated rings. The summed E-state index contributed by atoms with van der Waals surface area (Å²) in [7, 11) is 0. The molecule has 1 saturated heterocycles. The van der Waals surface area contributed by atoms with Crippen LogP contribution in [0.1, 0.15) is 47.0 Å². The minimum atomic E-state index is -0.885. The summed E-state index contributed by atoms with van der Waals surface area (Å²) in [5.41, 5.74) is 0. The third-order valence-corrected chi connectivity index (χ3v) is 4.28. The van der Waals surface area contributed by atoms with Crippen molar-refractivity contribution in [1.82, 2.24) is 9.80 Å². The third-order valence-electron chi connectivity index (χ3n) is 4.28. The van der Waals surface area contributed by atoms with Gasteiger partial charge in [-0.05, 0) is 31.6 Å². The summed E-state index contributed by atoms with van der Waals surface area (Å²) < 4.78 is 0. The van der Waals surface area contributed by atoms with Crippen LogP contribution < -0.4 is 0 Å². The number of aliphatic carboxylic acids is 1. The van der Waals surface area contributed by atoms with Crippen molar-refractivity contribution in [3.8, 4) is 0 Å². The predicted molar refractivity (Wildman–Crippen MR) is 78.6 cm³/mol. The molecule has 0 aromatic heterocycles. The van der Waals surface area contributed by atoms with Crippen molar-refractivity contribution < 1.29 is 14.7 Å². The van der Waals surface area contributed by atoms with Crippen molar-refractivity contribution in [2.24, 2.45) is 11.8 Å². The Kier molecular flexibility index (Phi) is 6.30. The Morgan fingerprint density at radius 1 is 1.40 bits per heavy atom. The lowest BCUT2D eigenvalue weighted by Gasteiger charge is -2.39. The maximum absolute atomic E-state index is 12.6. The summed E-state index contributed by atoms with van der Waals surface area (Å²) >= 11 is 0. The normalized spacial score (nSPS) is 24.3. The molecular formula is C15H28N2O3. The van der Waals surface area contributed by atoms with Gasteiger partial charge in [0.25, 0.3) is 0 Å². The molecule has 0 radical (unpaired) electrons. The van der Waals surface area contributed by atoms with E-state index in [1.807, 2.05) is 6.92 Å². The van der Waals surface area contributed by atoms with Crippen LogP contribution in [0.3, 0.4) is 0 Å². The second-order valence-electron chi connectivity index (χ2n) is 6.01. The Hall–Kier alpha value is -1.26. The zero-order chi connectivity index (χ0) is 15.3. The van der Waals surface area contributed by atoms with Gasteiger partial charge in [-0.15, -0.1) is 0 Å². The van der Waals surface area contributed by atoms with Crippen LogP contribution in [-0.4, -0.2) is 52.6 Å². The van der Waals surface area contributed by atoms with E-state index < -0.39 is 12.0 Å². The zero-order valence-electron chi connectivity index (χ0n) is 13.1. The van der Waals surface area contributed by atoms with Crippen LogP contribution in [-0.2, 0) is 4.79 Å². The minimum Gasteiger partial charge on any atom is -0.480 e. The molecule has 0 spiro atoms. The van der Waals surface area contributed by atoms with Crippen molar-refractivity contribution >= 4 is 12.0 Å². The van der Waals surface area contributed by atoms with Gasteiger partial charge in [-0.25, -0.2) is 9.59 Å². The average Bonchev–Trinajstić information content (AvgIpc) is 2.43. The standard InChI is InChI=1S/C15H28N2O3/c1-5-11(3)10-16(6-2)15(20)17-8-7-12(4)9-13(17)14(18)19/h11-13H,5-10H2,1-4H3,(H,18,19). The summed E-state index contributed by atoms with van der Waals surface area (Å²) in [5, 5.41) is 9.35. The molecule has 0 bridgehead atoms. The molecule has 116 valence electrons. The first-order chi connectivity index (χ1) is 9.40. The smallest absolute Gasteiger partial charge is 0.326 e. The first-order valence-electron chi connectivity index (χ1n) is 7.68. The summed E-state index contributed by atoms with van der Waals surface area (Å²) in [5.74, 6) is -0.0832. The number of nitrogens with zero attached hydrogens (tertiary/aromatic N) is 2. The monoisotopic (exact) mass is 284 g/mol. The number of carbonyl (C=O) groups is 2. The van der Waals surface area contributed by atoms with Crippen molar-refractivity contribution in [3.63, 3.8) is 0 Å². The zero-order valence-corrected chi connectivity index (χ0v) is 13.1. The van der Waals surface area contributed by atoms with Crippen LogP contribution in [0.25, 0.3) is 0 Å². The van der Waals surface area contributed by atoms with E-state index in [0.717, 1.165) is 12.8 Å². The number of carboxylic acids is 1. The van der Waals surface area contributed by atoms with Crippen LogP contribution in [0.15, 0.2) is 0 Å². The SMILES string of the molecule is CCC(C)CN(CC)C(=O)N1CCC(C)CC1C(=O)O. The highest BCUT2D eigenvalue weighted by atomic mass is 16.4. The molecule has 1 aliphatic heterocycles. The molecule has 1 heterocycles. The van der Waals surface area contributed by atoms with Gasteiger partial charge in [0.05, 0.1) is 0 Å². The van der Waals surface area contributed by atoms with E-state index in [9.17, 15) is 14.7 Å². The van der Waals surface area contributed by atoms with Crippen molar-refractivity contribution in [1.29, 1.82) is 0 Å². The van der Waals surface area contributed by atoms with Gasteiger partial charge in [-0.2, -0.15) is 0 Å². The summed E-state index contributed by atoms with van der Waals surface area (Å²) in [6.45, 7) is 10.1. The topological polar surface area (TPSA) is 60.9 Å². The fraction of sp³-hybridized carbons (Fsp3) is 0.867. The van der Waals surface area contributed by atoms with Crippen molar-refractivity contribution in [3.05, 3.63) is 0 Å². The number of piperidine rings is 1. The highest BCUT2D eigenvalue weighted by Crippen LogP contribution is 2.24. The van der Waals surface area contributed by atoms with E-state index >= 15 is 0 Å². The molecule has 20 heavy (non-hydrogen) atoms. The number of carbonyl (C=O) groups excluding carboxylic acids is 1. The molecule has 3 unspecified atom stereocenters. The second kappa shape index (κ2) is 7.50. The Bertz CT molecular complexity index is 346. The Labute approximate surface area is 121 Å². The Morgan fingerprint density at radius 3 is 2.55 bits per heavy atom. The molecule has 1 rings (SSSR count). The van der Waals surface area contributed by atoms with Crippen LogP contribution in [0.2, 0.25) is 0 Å². The van der Waals surface area contributed by atoms with Gasteiger partial charge in [-0.1, -0.05) is 27.2 Å². The van der Waals surface area contributed by atoms with E-state index in [-0.39, 0.29) is 6.03 Å². The van der Waals surface area contributed by atoms with Gasteiger partial charge in [0.1, 0.15) is 6.04 Å². The van der Waals surface area contributed by atoms with Crippen LogP contribution in [0, 0.1) is 11.8 Å². The first kappa shape index (κ1) is 16.8. The third kappa shape index (κ3) is 4.12. The average molecular weight is 284 g/mol.